The zero-order chi connectivity index (χ0) is 24.6. The number of thioether (sulfide) groups is 1. The molecule has 0 aliphatic carbocycles. The van der Waals surface area contributed by atoms with Crippen LogP contribution in [0.25, 0.3) is 11.1 Å². The summed E-state index contributed by atoms with van der Waals surface area (Å²) in [6, 6.07) is 12.0. The van der Waals surface area contributed by atoms with E-state index < -0.39 is 0 Å². The molecule has 0 atom stereocenters. The molecule has 4 rings (SSSR count). The zero-order valence-corrected chi connectivity index (χ0v) is 20.0. The lowest BCUT2D eigenvalue weighted by Gasteiger charge is -2.27. The van der Waals surface area contributed by atoms with Crippen molar-refractivity contribution in [3.05, 3.63) is 59.0 Å². The average molecular weight is 488 g/mol. The molecule has 3 aromatic heterocycles. The van der Waals surface area contributed by atoms with Gasteiger partial charge in [-0.3, -0.25) is 4.98 Å². The number of nitriles is 2. The fourth-order valence-corrected chi connectivity index (χ4v) is 4.73. The van der Waals surface area contributed by atoms with E-state index in [0.717, 1.165) is 30.2 Å². The van der Waals surface area contributed by atoms with Crippen molar-refractivity contribution in [2.75, 3.05) is 43.5 Å². The topological polar surface area (TPSA) is 145 Å². The standard InChI is InChI=1S/C25H25N7O2S/c26-12-20-23(18-4-5-19(29-15-18)2-1-9-33)21(13-27)25(31-24(20)28)35-16-17-3-6-22(30-14-17)32-7-10-34-11-8-32/h3-6,14-15,33H,1-2,7-11,16H2,(H2,28,31). The minimum Gasteiger partial charge on any atom is -0.396 e. The van der Waals surface area contributed by atoms with E-state index in [-0.39, 0.29) is 18.0 Å². The molecular formula is C25H25N7O2S. The summed E-state index contributed by atoms with van der Waals surface area (Å²) in [7, 11) is 0. The van der Waals surface area contributed by atoms with Gasteiger partial charge in [-0.05, 0) is 30.5 Å². The van der Waals surface area contributed by atoms with E-state index in [1.165, 1.54) is 11.8 Å². The van der Waals surface area contributed by atoms with Crippen molar-refractivity contribution in [2.45, 2.75) is 23.6 Å². The van der Waals surface area contributed by atoms with Crippen LogP contribution in [0.2, 0.25) is 0 Å². The van der Waals surface area contributed by atoms with Crippen LogP contribution in [0.1, 0.15) is 28.8 Å². The van der Waals surface area contributed by atoms with Crippen LogP contribution in [0, 0.1) is 22.7 Å². The largest absolute Gasteiger partial charge is 0.396 e. The molecule has 0 unspecified atom stereocenters. The van der Waals surface area contributed by atoms with Crippen molar-refractivity contribution in [1.29, 1.82) is 10.5 Å². The summed E-state index contributed by atoms with van der Waals surface area (Å²) in [5.74, 6) is 1.54. The summed E-state index contributed by atoms with van der Waals surface area (Å²) in [4.78, 5) is 15.6. The molecule has 0 radical (unpaired) electrons. The number of aromatic nitrogens is 3. The summed E-state index contributed by atoms with van der Waals surface area (Å²) in [5.41, 5.74) is 9.45. The normalized spacial score (nSPS) is 13.3. The molecule has 3 N–H and O–H groups in total. The van der Waals surface area contributed by atoms with Gasteiger partial charge in [0.1, 0.15) is 34.4 Å². The van der Waals surface area contributed by atoms with Crippen LogP contribution in [-0.4, -0.2) is 53.0 Å². The Morgan fingerprint density at radius 3 is 2.49 bits per heavy atom. The molecule has 3 aromatic rings. The van der Waals surface area contributed by atoms with Gasteiger partial charge in [0.2, 0.25) is 0 Å². The third-order valence-corrected chi connectivity index (χ3v) is 6.69. The molecule has 0 bridgehead atoms. The van der Waals surface area contributed by atoms with E-state index in [0.29, 0.717) is 53.5 Å². The Labute approximate surface area is 208 Å². The molecule has 4 heterocycles. The molecule has 1 aliphatic rings. The van der Waals surface area contributed by atoms with Gasteiger partial charge < -0.3 is 20.5 Å². The molecule has 0 saturated carbocycles. The van der Waals surface area contributed by atoms with Gasteiger partial charge in [0.25, 0.3) is 0 Å². The number of aliphatic hydroxyl groups excluding tert-OH is 1. The van der Waals surface area contributed by atoms with Gasteiger partial charge in [-0.25, -0.2) is 9.97 Å². The molecule has 10 heteroatoms. The predicted octanol–water partition coefficient (Wildman–Crippen LogP) is 2.92. The van der Waals surface area contributed by atoms with E-state index in [1.807, 2.05) is 30.5 Å². The van der Waals surface area contributed by atoms with Crippen LogP contribution >= 0.6 is 11.8 Å². The number of aliphatic hydroxyl groups is 1. The van der Waals surface area contributed by atoms with E-state index >= 15 is 0 Å². The Bertz CT molecular complexity index is 1250. The van der Waals surface area contributed by atoms with Crippen molar-refractivity contribution < 1.29 is 9.84 Å². The number of nitrogen functional groups attached to an aromatic ring is 1. The van der Waals surface area contributed by atoms with Gasteiger partial charge in [-0.15, -0.1) is 11.8 Å². The molecule has 35 heavy (non-hydrogen) atoms. The van der Waals surface area contributed by atoms with Crippen molar-refractivity contribution in [2.24, 2.45) is 0 Å². The van der Waals surface area contributed by atoms with Crippen LogP contribution in [-0.2, 0) is 16.9 Å². The number of hydrogen-bond donors (Lipinski definition) is 2. The highest BCUT2D eigenvalue weighted by molar-refractivity contribution is 7.98. The maximum absolute atomic E-state index is 9.99. The number of anilines is 2. The second-order valence-electron chi connectivity index (χ2n) is 7.93. The SMILES string of the molecule is N#Cc1c(N)nc(SCc2ccc(N3CCOCC3)nc2)c(C#N)c1-c1ccc(CCCO)nc1. The van der Waals surface area contributed by atoms with E-state index in [2.05, 4.69) is 32.0 Å². The average Bonchev–Trinajstić information content (AvgIpc) is 2.91. The zero-order valence-electron chi connectivity index (χ0n) is 19.1. The second kappa shape index (κ2) is 11.6. The van der Waals surface area contributed by atoms with Crippen LogP contribution in [0.3, 0.4) is 0 Å². The fraction of sp³-hybridized carbons (Fsp3) is 0.320. The Balaban J connectivity index is 1.58. The van der Waals surface area contributed by atoms with E-state index in [4.69, 9.17) is 15.6 Å². The minimum absolute atomic E-state index is 0.0779. The highest BCUT2D eigenvalue weighted by Crippen LogP contribution is 2.36. The molecule has 0 spiro atoms. The van der Waals surface area contributed by atoms with Crippen LogP contribution in [0.5, 0.6) is 0 Å². The van der Waals surface area contributed by atoms with E-state index in [1.54, 1.807) is 6.20 Å². The smallest absolute Gasteiger partial charge is 0.143 e. The number of hydrogen-bond acceptors (Lipinski definition) is 10. The lowest BCUT2D eigenvalue weighted by Crippen LogP contribution is -2.36. The Kier molecular flexibility index (Phi) is 8.11. The first-order valence-electron chi connectivity index (χ1n) is 11.2. The van der Waals surface area contributed by atoms with Gasteiger partial charge in [0.15, 0.2) is 0 Å². The lowest BCUT2D eigenvalue weighted by atomic mass is 9.98. The minimum atomic E-state index is 0.0779. The van der Waals surface area contributed by atoms with Gasteiger partial charge in [0.05, 0.1) is 18.8 Å². The van der Waals surface area contributed by atoms with Gasteiger partial charge >= 0.3 is 0 Å². The second-order valence-corrected chi connectivity index (χ2v) is 8.89. The number of pyridine rings is 3. The first-order valence-corrected chi connectivity index (χ1v) is 12.2. The highest BCUT2D eigenvalue weighted by atomic mass is 32.2. The van der Waals surface area contributed by atoms with E-state index in [9.17, 15) is 10.5 Å². The number of rotatable bonds is 8. The maximum Gasteiger partial charge on any atom is 0.143 e. The molecule has 0 amide bonds. The summed E-state index contributed by atoms with van der Waals surface area (Å²) in [6.07, 6.45) is 4.72. The number of ether oxygens (including phenoxy) is 1. The van der Waals surface area contributed by atoms with Crippen molar-refractivity contribution in [3.8, 4) is 23.3 Å². The molecule has 0 aromatic carbocycles. The molecular weight excluding hydrogens is 462 g/mol. The van der Waals surface area contributed by atoms with Crippen LogP contribution < -0.4 is 10.6 Å². The fourth-order valence-electron chi connectivity index (χ4n) is 3.80. The Morgan fingerprint density at radius 1 is 1.06 bits per heavy atom. The summed E-state index contributed by atoms with van der Waals surface area (Å²) in [6.45, 7) is 3.13. The number of nitrogens with two attached hydrogens (primary N) is 1. The van der Waals surface area contributed by atoms with Crippen molar-refractivity contribution in [3.63, 3.8) is 0 Å². The molecule has 1 saturated heterocycles. The number of morpholine rings is 1. The molecule has 1 fully saturated rings. The maximum atomic E-state index is 9.99. The summed E-state index contributed by atoms with van der Waals surface area (Å²) in [5, 5.41) is 29.2. The van der Waals surface area contributed by atoms with Crippen molar-refractivity contribution in [1.82, 2.24) is 15.0 Å². The number of aryl methyl sites for hydroxylation is 1. The third-order valence-electron chi connectivity index (χ3n) is 5.64. The monoisotopic (exact) mass is 487 g/mol. The van der Waals surface area contributed by atoms with Crippen molar-refractivity contribution >= 4 is 23.4 Å². The van der Waals surface area contributed by atoms with Crippen LogP contribution in [0.4, 0.5) is 11.6 Å². The highest BCUT2D eigenvalue weighted by Gasteiger charge is 2.21. The molecule has 1 aliphatic heterocycles. The first-order chi connectivity index (χ1) is 17.1. The first kappa shape index (κ1) is 24.4. The van der Waals surface area contributed by atoms with Gasteiger partial charge in [-0.1, -0.05) is 12.1 Å². The predicted molar refractivity (Wildman–Crippen MR) is 134 cm³/mol. The number of nitrogens with zero attached hydrogens (tertiary/aromatic N) is 6. The van der Waals surface area contributed by atoms with Crippen LogP contribution in [0.15, 0.2) is 41.7 Å². The van der Waals surface area contributed by atoms with Gasteiger partial charge in [-0.2, -0.15) is 10.5 Å². The Morgan fingerprint density at radius 2 is 1.86 bits per heavy atom. The lowest BCUT2D eigenvalue weighted by molar-refractivity contribution is 0.122. The molecule has 9 nitrogen and oxygen atoms in total. The quantitative estimate of drug-likeness (QED) is 0.455. The van der Waals surface area contributed by atoms with Gasteiger partial charge in [0, 0.05) is 54.7 Å². The summed E-state index contributed by atoms with van der Waals surface area (Å²) < 4.78 is 5.39. The third kappa shape index (κ3) is 5.69. The summed E-state index contributed by atoms with van der Waals surface area (Å²) >= 11 is 1.38. The molecule has 178 valence electrons. The Hall–Kier alpha value is -3.70.